The number of urea groups is 1. The fourth-order valence-corrected chi connectivity index (χ4v) is 5.02. The van der Waals surface area contributed by atoms with Gasteiger partial charge in [-0.15, -0.1) is 0 Å². The lowest BCUT2D eigenvalue weighted by Gasteiger charge is -2.38. The molecule has 3 atom stereocenters. The van der Waals surface area contributed by atoms with E-state index in [1.165, 1.54) is 6.42 Å². The number of nitrogens with one attached hydrogen (secondary N) is 2. The number of aliphatic hydroxyl groups is 1. The summed E-state index contributed by atoms with van der Waals surface area (Å²) in [4.78, 5) is 42.4. The average Bonchev–Trinajstić information content (AvgIpc) is 3.72. The van der Waals surface area contributed by atoms with Crippen molar-refractivity contribution < 1.29 is 24.2 Å². The fourth-order valence-electron chi connectivity index (χ4n) is 5.02. The number of hydrogen-bond acceptors (Lipinski definition) is 5. The summed E-state index contributed by atoms with van der Waals surface area (Å²) in [7, 11) is 1.76. The van der Waals surface area contributed by atoms with Crippen LogP contribution in [-0.4, -0.2) is 77.7 Å². The van der Waals surface area contributed by atoms with Gasteiger partial charge in [-0.3, -0.25) is 9.59 Å². The van der Waals surface area contributed by atoms with E-state index >= 15 is 0 Å². The van der Waals surface area contributed by atoms with Gasteiger partial charge in [-0.05, 0) is 44.7 Å². The molecule has 4 amide bonds. The molecule has 0 unspecified atom stereocenters. The number of rotatable bonds is 7. The number of fused-ring (bicyclic) bond motifs is 1. The maximum Gasteiger partial charge on any atom is 0.317 e. The predicted molar refractivity (Wildman–Crippen MR) is 137 cm³/mol. The van der Waals surface area contributed by atoms with Crippen molar-refractivity contribution in [3.05, 3.63) is 23.8 Å². The van der Waals surface area contributed by atoms with E-state index in [9.17, 15) is 19.5 Å². The number of hydrogen-bond donors (Lipinski definition) is 3. The summed E-state index contributed by atoms with van der Waals surface area (Å²) in [6, 6.07) is 4.85. The number of aliphatic hydroxyl groups excluding tert-OH is 1. The number of amides is 4. The number of carbonyl (C=O) groups excluding carboxylic acids is 3. The maximum absolute atomic E-state index is 13.5. The molecule has 4 rings (SSSR count). The van der Waals surface area contributed by atoms with Gasteiger partial charge in [-0.1, -0.05) is 32.3 Å². The van der Waals surface area contributed by atoms with Gasteiger partial charge in [0, 0.05) is 31.5 Å². The highest BCUT2D eigenvalue weighted by molar-refractivity contribution is 6.02. The Bertz CT molecular complexity index is 959. The Morgan fingerprint density at radius 2 is 1.92 bits per heavy atom. The summed E-state index contributed by atoms with van der Waals surface area (Å²) >= 11 is 0. The van der Waals surface area contributed by atoms with E-state index in [4.69, 9.17) is 4.74 Å². The van der Waals surface area contributed by atoms with Crippen molar-refractivity contribution in [2.24, 2.45) is 11.8 Å². The minimum absolute atomic E-state index is 0.000333. The Morgan fingerprint density at radius 1 is 1.19 bits per heavy atom. The molecule has 36 heavy (non-hydrogen) atoms. The number of para-hydroxylation sites is 1. The van der Waals surface area contributed by atoms with Crippen LogP contribution in [-0.2, 0) is 4.79 Å². The van der Waals surface area contributed by atoms with Crippen LogP contribution in [0.3, 0.4) is 0 Å². The van der Waals surface area contributed by atoms with Crippen molar-refractivity contribution >= 4 is 23.5 Å². The summed E-state index contributed by atoms with van der Waals surface area (Å²) < 4.78 is 6.48. The van der Waals surface area contributed by atoms with Crippen molar-refractivity contribution in [1.82, 2.24) is 15.1 Å². The van der Waals surface area contributed by atoms with Crippen LogP contribution >= 0.6 is 0 Å². The lowest BCUT2D eigenvalue weighted by Crippen LogP contribution is -2.52. The summed E-state index contributed by atoms with van der Waals surface area (Å²) in [5, 5.41) is 15.9. The average molecular weight is 501 g/mol. The topological polar surface area (TPSA) is 111 Å². The molecule has 3 aliphatic rings. The van der Waals surface area contributed by atoms with Gasteiger partial charge in [0.2, 0.25) is 5.91 Å². The molecular formula is C27H40N4O5. The van der Waals surface area contributed by atoms with Crippen molar-refractivity contribution in [2.45, 2.75) is 77.0 Å². The summed E-state index contributed by atoms with van der Waals surface area (Å²) in [6.45, 7) is 4.32. The molecule has 1 heterocycles. The van der Waals surface area contributed by atoms with Crippen LogP contribution in [0.15, 0.2) is 18.2 Å². The molecule has 1 aliphatic heterocycles. The molecule has 9 heteroatoms. The van der Waals surface area contributed by atoms with E-state index in [1.54, 1.807) is 35.0 Å². The zero-order chi connectivity index (χ0) is 25.8. The molecule has 1 aromatic rings. The first-order valence-electron chi connectivity index (χ1n) is 13.3. The third-order valence-corrected chi connectivity index (χ3v) is 7.63. The summed E-state index contributed by atoms with van der Waals surface area (Å²) in [6.07, 6.45) is 6.80. The summed E-state index contributed by atoms with van der Waals surface area (Å²) in [5.74, 6) is -0.128. The van der Waals surface area contributed by atoms with Crippen LogP contribution in [0, 0.1) is 11.8 Å². The number of likely N-dealkylation sites (N-methyl/N-ethyl adjacent to an activating group) is 1. The number of ether oxygens (including phenoxy) is 1. The van der Waals surface area contributed by atoms with E-state index in [1.807, 2.05) is 13.8 Å². The van der Waals surface area contributed by atoms with Gasteiger partial charge in [-0.2, -0.15) is 0 Å². The SMILES string of the molecule is C[C@H](CO)N1C[C@H](C)[C@H](CN(C)C(=O)NC2CCCCC2)Oc2c(NC(=O)C3CC3)cccc2C1=O. The molecule has 0 bridgehead atoms. The summed E-state index contributed by atoms with van der Waals surface area (Å²) in [5.41, 5.74) is 0.804. The van der Waals surface area contributed by atoms with Gasteiger partial charge in [0.05, 0.1) is 30.4 Å². The Labute approximate surface area is 213 Å². The maximum atomic E-state index is 13.5. The Kier molecular flexibility index (Phi) is 8.39. The first kappa shape index (κ1) is 26.3. The number of benzene rings is 1. The van der Waals surface area contributed by atoms with E-state index < -0.39 is 6.10 Å². The third kappa shape index (κ3) is 6.11. The zero-order valence-electron chi connectivity index (χ0n) is 21.7. The van der Waals surface area contributed by atoms with Crippen LogP contribution in [0.4, 0.5) is 10.5 Å². The van der Waals surface area contributed by atoms with Gasteiger partial charge in [-0.25, -0.2) is 4.79 Å². The molecule has 2 aliphatic carbocycles. The molecular weight excluding hydrogens is 460 g/mol. The smallest absolute Gasteiger partial charge is 0.317 e. The standard InChI is InChI=1S/C27H40N4O5/c1-17-14-31(18(2)16-32)26(34)21-10-7-11-22(29-25(33)19-12-13-19)24(21)36-23(17)15-30(3)27(35)28-20-8-5-4-6-9-20/h7,10-11,17-20,23,32H,4-6,8-9,12-16H2,1-3H3,(H,28,35)(H,29,33)/t17-,18+,23-/m0/s1. The second-order valence-electron chi connectivity index (χ2n) is 10.7. The molecule has 0 aromatic heterocycles. The number of nitrogens with zero attached hydrogens (tertiary/aromatic N) is 2. The van der Waals surface area contributed by atoms with E-state index in [0.717, 1.165) is 38.5 Å². The first-order valence-corrected chi connectivity index (χ1v) is 13.3. The van der Waals surface area contributed by atoms with E-state index in [0.29, 0.717) is 30.1 Å². The molecule has 9 nitrogen and oxygen atoms in total. The van der Waals surface area contributed by atoms with Gasteiger partial charge in [0.25, 0.3) is 5.91 Å². The van der Waals surface area contributed by atoms with Crippen LogP contribution in [0.5, 0.6) is 5.75 Å². The highest BCUT2D eigenvalue weighted by Gasteiger charge is 2.36. The van der Waals surface area contributed by atoms with Gasteiger partial charge in [0.1, 0.15) is 6.10 Å². The Morgan fingerprint density at radius 3 is 2.58 bits per heavy atom. The molecule has 0 radical (unpaired) electrons. The van der Waals surface area contributed by atoms with Crippen LogP contribution in [0.1, 0.15) is 69.2 Å². The number of carbonyl (C=O) groups is 3. The first-order chi connectivity index (χ1) is 17.3. The lowest BCUT2D eigenvalue weighted by atomic mass is 9.96. The second-order valence-corrected chi connectivity index (χ2v) is 10.7. The van der Waals surface area contributed by atoms with Gasteiger partial charge in [0.15, 0.2) is 5.75 Å². The quantitative estimate of drug-likeness (QED) is 0.532. The normalized spacial score (nSPS) is 23.6. The molecule has 0 saturated heterocycles. The minimum Gasteiger partial charge on any atom is -0.485 e. The van der Waals surface area contributed by atoms with Crippen molar-refractivity contribution in [3.8, 4) is 5.75 Å². The molecule has 198 valence electrons. The van der Waals surface area contributed by atoms with Crippen molar-refractivity contribution in [2.75, 3.05) is 32.1 Å². The van der Waals surface area contributed by atoms with Crippen LogP contribution in [0.2, 0.25) is 0 Å². The third-order valence-electron chi connectivity index (χ3n) is 7.63. The van der Waals surface area contributed by atoms with Crippen molar-refractivity contribution in [3.63, 3.8) is 0 Å². The van der Waals surface area contributed by atoms with Crippen molar-refractivity contribution in [1.29, 1.82) is 0 Å². The molecule has 1 aromatic carbocycles. The fraction of sp³-hybridized carbons (Fsp3) is 0.667. The molecule has 0 spiro atoms. The van der Waals surface area contributed by atoms with Gasteiger partial charge >= 0.3 is 6.03 Å². The molecule has 2 saturated carbocycles. The zero-order valence-corrected chi connectivity index (χ0v) is 21.7. The Balaban J connectivity index is 1.59. The molecule has 2 fully saturated rings. The van der Waals surface area contributed by atoms with E-state index in [2.05, 4.69) is 10.6 Å². The van der Waals surface area contributed by atoms with Gasteiger partial charge < -0.3 is 30.3 Å². The minimum atomic E-state index is -0.425. The highest BCUT2D eigenvalue weighted by atomic mass is 16.5. The monoisotopic (exact) mass is 500 g/mol. The van der Waals surface area contributed by atoms with E-state index in [-0.39, 0.29) is 48.4 Å². The van der Waals surface area contributed by atoms with Crippen LogP contribution in [0.25, 0.3) is 0 Å². The lowest BCUT2D eigenvalue weighted by molar-refractivity contribution is -0.117. The second kappa shape index (κ2) is 11.5. The predicted octanol–water partition coefficient (Wildman–Crippen LogP) is 3.23. The highest BCUT2D eigenvalue weighted by Crippen LogP contribution is 2.37. The number of anilines is 1. The molecule has 3 N–H and O–H groups in total. The Hall–Kier alpha value is -2.81. The van der Waals surface area contributed by atoms with Crippen LogP contribution < -0.4 is 15.4 Å². The largest absolute Gasteiger partial charge is 0.485 e.